The zero-order chi connectivity index (χ0) is 22.3. The number of fused-ring (bicyclic) bond motifs is 1. The summed E-state index contributed by atoms with van der Waals surface area (Å²) in [5.41, 5.74) is 0. The molecule has 1 saturated heterocycles. The van der Waals surface area contributed by atoms with Gasteiger partial charge in [-0.3, -0.25) is 14.6 Å². The number of methoxy groups -OCH3 is 1. The minimum atomic E-state index is 0.0106. The number of carbonyl (C=O) groups excluding carboxylic acids is 2. The summed E-state index contributed by atoms with van der Waals surface area (Å²) >= 11 is 1.49. The van der Waals surface area contributed by atoms with Crippen molar-refractivity contribution < 1.29 is 14.3 Å². The van der Waals surface area contributed by atoms with E-state index in [1.807, 2.05) is 12.1 Å². The minimum Gasteiger partial charge on any atom is -0.381 e. The molecule has 2 amide bonds. The molecular weight excluding hydrogens is 422 g/mol. The van der Waals surface area contributed by atoms with Gasteiger partial charge < -0.3 is 15.0 Å². The second-order valence-corrected chi connectivity index (χ2v) is 10.3. The predicted octanol–water partition coefficient (Wildman–Crippen LogP) is 4.64. The molecule has 2 aromatic rings. The van der Waals surface area contributed by atoms with E-state index in [1.165, 1.54) is 17.8 Å². The summed E-state index contributed by atoms with van der Waals surface area (Å²) in [6, 6.07) is 3.88. The van der Waals surface area contributed by atoms with Crippen molar-refractivity contribution >= 4 is 33.2 Å². The number of thiophene rings is 1. The molecule has 0 spiro atoms. The Morgan fingerprint density at radius 3 is 2.84 bits per heavy atom. The standard InChI is InChI=1S/C25H35N3O3S/c1-31-21-7-4-6-20(15-21)25(30)28-13-9-18(10-14-28)5-2-3-11-27-24(29)22-16-19-8-12-26-17-23(19)32-22/h8,12,16-18,20-21H,2-7,9-11,13-15H2,1H3,(H,27,29). The van der Waals surface area contributed by atoms with Crippen LogP contribution in [0.15, 0.2) is 24.5 Å². The molecule has 3 heterocycles. The van der Waals surface area contributed by atoms with Gasteiger partial charge in [-0.2, -0.15) is 0 Å². The van der Waals surface area contributed by atoms with Crippen molar-refractivity contribution in [3.05, 3.63) is 29.4 Å². The molecule has 174 valence electrons. The van der Waals surface area contributed by atoms with Gasteiger partial charge in [-0.05, 0) is 62.0 Å². The van der Waals surface area contributed by atoms with E-state index >= 15 is 0 Å². The van der Waals surface area contributed by atoms with E-state index in [0.29, 0.717) is 18.4 Å². The van der Waals surface area contributed by atoms with Gasteiger partial charge >= 0.3 is 0 Å². The van der Waals surface area contributed by atoms with Gasteiger partial charge in [0, 0.05) is 45.1 Å². The lowest BCUT2D eigenvalue weighted by molar-refractivity contribution is -0.139. The van der Waals surface area contributed by atoms with Crippen molar-refractivity contribution in [2.24, 2.45) is 11.8 Å². The van der Waals surface area contributed by atoms with Gasteiger partial charge in [0.1, 0.15) is 0 Å². The van der Waals surface area contributed by atoms with Crippen LogP contribution in [0.25, 0.3) is 10.1 Å². The van der Waals surface area contributed by atoms with E-state index < -0.39 is 0 Å². The maximum atomic E-state index is 12.9. The zero-order valence-electron chi connectivity index (χ0n) is 19.1. The van der Waals surface area contributed by atoms with Gasteiger partial charge in [0.15, 0.2) is 0 Å². The van der Waals surface area contributed by atoms with Crippen LogP contribution in [0.2, 0.25) is 0 Å². The number of rotatable bonds is 8. The molecule has 2 aromatic heterocycles. The topological polar surface area (TPSA) is 71.5 Å². The quantitative estimate of drug-likeness (QED) is 0.586. The van der Waals surface area contributed by atoms with Crippen LogP contribution < -0.4 is 5.32 Å². The first-order valence-electron chi connectivity index (χ1n) is 12.1. The number of aromatic nitrogens is 1. The first kappa shape index (κ1) is 23.2. The zero-order valence-corrected chi connectivity index (χ0v) is 19.9. The normalized spacial score (nSPS) is 22.2. The second-order valence-electron chi connectivity index (χ2n) is 9.27. The number of likely N-dealkylation sites (tertiary alicyclic amines) is 1. The molecule has 2 atom stereocenters. The Morgan fingerprint density at radius 2 is 2.06 bits per heavy atom. The van der Waals surface area contributed by atoms with Crippen LogP contribution in [0.3, 0.4) is 0 Å². The van der Waals surface area contributed by atoms with Crippen LogP contribution in [0.5, 0.6) is 0 Å². The lowest BCUT2D eigenvalue weighted by Gasteiger charge is -2.36. The van der Waals surface area contributed by atoms with E-state index in [0.717, 1.165) is 79.4 Å². The first-order valence-corrected chi connectivity index (χ1v) is 12.9. The Kier molecular flexibility index (Phi) is 8.14. The number of nitrogens with zero attached hydrogens (tertiary/aromatic N) is 2. The highest BCUT2D eigenvalue weighted by atomic mass is 32.1. The number of nitrogens with one attached hydrogen (secondary N) is 1. The van der Waals surface area contributed by atoms with Crippen molar-refractivity contribution in [3.8, 4) is 0 Å². The van der Waals surface area contributed by atoms with Gasteiger partial charge in [-0.15, -0.1) is 11.3 Å². The maximum Gasteiger partial charge on any atom is 0.261 e. The number of hydrogen-bond acceptors (Lipinski definition) is 5. The summed E-state index contributed by atoms with van der Waals surface area (Å²) in [6.45, 7) is 2.51. The van der Waals surface area contributed by atoms with Gasteiger partial charge in [-0.1, -0.05) is 19.3 Å². The van der Waals surface area contributed by atoms with Crippen LogP contribution in [0, 0.1) is 11.8 Å². The molecule has 2 fully saturated rings. The molecule has 0 radical (unpaired) electrons. The Bertz CT molecular complexity index is 874. The van der Waals surface area contributed by atoms with Crippen LogP contribution in [0.1, 0.15) is 67.5 Å². The fraction of sp³-hybridized carbons (Fsp3) is 0.640. The summed E-state index contributed by atoms with van der Waals surface area (Å²) in [5, 5.41) is 4.12. The molecule has 6 nitrogen and oxygen atoms in total. The molecule has 1 aliphatic carbocycles. The molecule has 2 unspecified atom stereocenters. The Labute approximate surface area is 194 Å². The number of amides is 2. The monoisotopic (exact) mass is 457 g/mol. The molecule has 0 bridgehead atoms. The molecule has 0 aromatic carbocycles. The fourth-order valence-electron chi connectivity index (χ4n) is 5.13. The minimum absolute atomic E-state index is 0.0106. The molecule has 4 rings (SSSR count). The van der Waals surface area contributed by atoms with E-state index in [-0.39, 0.29) is 17.9 Å². The number of carbonyl (C=O) groups is 2. The van der Waals surface area contributed by atoms with Crippen LogP contribution >= 0.6 is 11.3 Å². The van der Waals surface area contributed by atoms with Crippen LogP contribution in [0.4, 0.5) is 0 Å². The van der Waals surface area contributed by atoms with E-state index in [4.69, 9.17) is 4.74 Å². The van der Waals surface area contributed by atoms with Crippen molar-refractivity contribution in [2.45, 2.75) is 63.9 Å². The van der Waals surface area contributed by atoms with E-state index in [9.17, 15) is 9.59 Å². The maximum absolute atomic E-state index is 12.9. The third-order valence-corrected chi connectivity index (χ3v) is 8.19. The number of unbranched alkanes of at least 4 members (excludes halogenated alkanes) is 1. The SMILES string of the molecule is COC1CCCC(C(=O)N2CCC(CCCCNC(=O)c3cc4ccncc4s3)CC2)C1. The average molecular weight is 458 g/mol. The van der Waals surface area contributed by atoms with Gasteiger partial charge in [-0.25, -0.2) is 0 Å². The van der Waals surface area contributed by atoms with E-state index in [2.05, 4.69) is 15.2 Å². The van der Waals surface area contributed by atoms with Crippen molar-refractivity contribution in [1.82, 2.24) is 15.2 Å². The number of pyridine rings is 1. The molecule has 1 N–H and O–H groups in total. The van der Waals surface area contributed by atoms with Gasteiger partial charge in [0.25, 0.3) is 5.91 Å². The molecule has 1 saturated carbocycles. The number of ether oxygens (including phenoxy) is 1. The molecular formula is C25H35N3O3S. The third-order valence-electron chi connectivity index (χ3n) is 7.11. The lowest BCUT2D eigenvalue weighted by Crippen LogP contribution is -2.43. The highest BCUT2D eigenvalue weighted by molar-refractivity contribution is 7.20. The Morgan fingerprint density at radius 1 is 1.22 bits per heavy atom. The van der Waals surface area contributed by atoms with Gasteiger partial charge in [0.2, 0.25) is 5.91 Å². The number of hydrogen-bond donors (Lipinski definition) is 1. The summed E-state index contributed by atoms with van der Waals surface area (Å²) in [5.74, 6) is 1.22. The fourth-order valence-corrected chi connectivity index (χ4v) is 6.07. The summed E-state index contributed by atoms with van der Waals surface area (Å²) in [6.07, 6.45) is 13.4. The smallest absolute Gasteiger partial charge is 0.261 e. The van der Waals surface area contributed by atoms with Crippen molar-refractivity contribution in [1.29, 1.82) is 0 Å². The highest BCUT2D eigenvalue weighted by Crippen LogP contribution is 2.30. The summed E-state index contributed by atoms with van der Waals surface area (Å²) in [7, 11) is 1.76. The molecule has 7 heteroatoms. The van der Waals surface area contributed by atoms with Crippen LogP contribution in [-0.2, 0) is 9.53 Å². The summed E-state index contributed by atoms with van der Waals surface area (Å²) < 4.78 is 6.54. The molecule has 32 heavy (non-hydrogen) atoms. The lowest BCUT2D eigenvalue weighted by atomic mass is 9.85. The first-order chi connectivity index (χ1) is 15.6. The Balaban J connectivity index is 1.11. The number of piperidine rings is 1. The second kappa shape index (κ2) is 11.2. The molecule has 1 aliphatic heterocycles. The van der Waals surface area contributed by atoms with Crippen LogP contribution in [-0.4, -0.2) is 54.5 Å². The van der Waals surface area contributed by atoms with Crippen molar-refractivity contribution in [3.63, 3.8) is 0 Å². The molecule has 2 aliphatic rings. The highest BCUT2D eigenvalue weighted by Gasteiger charge is 2.32. The van der Waals surface area contributed by atoms with E-state index in [1.54, 1.807) is 19.5 Å². The van der Waals surface area contributed by atoms with Gasteiger partial charge in [0.05, 0.1) is 15.7 Å². The van der Waals surface area contributed by atoms with Crippen molar-refractivity contribution in [2.75, 3.05) is 26.7 Å². The average Bonchev–Trinajstić information content (AvgIpc) is 3.28. The Hall–Kier alpha value is -1.99. The third kappa shape index (κ3) is 5.87. The largest absolute Gasteiger partial charge is 0.381 e. The summed E-state index contributed by atoms with van der Waals surface area (Å²) in [4.78, 5) is 32.2. The predicted molar refractivity (Wildman–Crippen MR) is 128 cm³/mol.